The van der Waals surface area contributed by atoms with Crippen LogP contribution in [-0.2, 0) is 9.59 Å². The second-order valence-corrected chi connectivity index (χ2v) is 4.54. The number of isocyanates is 2. The van der Waals surface area contributed by atoms with Crippen LogP contribution in [0.2, 0.25) is 0 Å². The lowest BCUT2D eigenvalue weighted by Crippen LogP contribution is -2.27. The van der Waals surface area contributed by atoms with Crippen molar-refractivity contribution in [1.29, 1.82) is 0 Å². The Balaban J connectivity index is 2.47. The van der Waals surface area contributed by atoms with Crippen LogP contribution in [0, 0.1) is 5.41 Å². The van der Waals surface area contributed by atoms with Gasteiger partial charge < -0.3 is 0 Å². The minimum atomic E-state index is 0.161. The highest BCUT2D eigenvalue weighted by molar-refractivity contribution is 5.33. The van der Waals surface area contributed by atoms with Crippen LogP contribution in [0.15, 0.2) is 9.98 Å². The first-order chi connectivity index (χ1) is 7.83. The molecular formula is C12H18N2O2. The Hall–Kier alpha value is -1.24. The molecule has 0 aliphatic heterocycles. The van der Waals surface area contributed by atoms with Crippen LogP contribution in [0.25, 0.3) is 0 Å². The second kappa shape index (κ2) is 7.10. The van der Waals surface area contributed by atoms with Crippen LogP contribution in [0.4, 0.5) is 0 Å². The van der Waals surface area contributed by atoms with Gasteiger partial charge in [0.15, 0.2) is 0 Å². The fraction of sp³-hybridized carbons (Fsp3) is 0.833. The molecule has 0 radical (unpaired) electrons. The Morgan fingerprint density at radius 2 is 1.69 bits per heavy atom. The normalized spacial score (nSPS) is 18.2. The first-order valence-corrected chi connectivity index (χ1v) is 5.90. The minimum absolute atomic E-state index is 0.161. The fourth-order valence-electron chi connectivity index (χ4n) is 2.57. The van der Waals surface area contributed by atoms with Crippen LogP contribution < -0.4 is 0 Å². The van der Waals surface area contributed by atoms with Crippen molar-refractivity contribution in [3.63, 3.8) is 0 Å². The van der Waals surface area contributed by atoms with E-state index in [9.17, 15) is 9.59 Å². The number of hydrogen-bond acceptors (Lipinski definition) is 4. The van der Waals surface area contributed by atoms with Crippen molar-refractivity contribution in [2.45, 2.75) is 44.9 Å². The van der Waals surface area contributed by atoms with E-state index in [1.165, 1.54) is 19.3 Å². The van der Waals surface area contributed by atoms with E-state index in [1.807, 2.05) is 0 Å². The molecule has 0 saturated heterocycles. The summed E-state index contributed by atoms with van der Waals surface area (Å²) in [6.45, 7) is 1.12. The first kappa shape index (κ1) is 12.8. The molecule has 1 aliphatic rings. The predicted octanol–water partition coefficient (Wildman–Crippen LogP) is 2.39. The van der Waals surface area contributed by atoms with Gasteiger partial charge in [0.05, 0.1) is 13.1 Å². The van der Waals surface area contributed by atoms with Gasteiger partial charge in [-0.25, -0.2) is 19.6 Å². The zero-order chi connectivity index (χ0) is 11.7. The van der Waals surface area contributed by atoms with Gasteiger partial charge in [-0.3, -0.25) is 0 Å². The lowest BCUT2D eigenvalue weighted by Gasteiger charge is -2.35. The number of rotatable bonds is 6. The molecule has 88 valence electrons. The van der Waals surface area contributed by atoms with Gasteiger partial charge in [0, 0.05) is 0 Å². The smallest absolute Gasteiger partial charge is 0.211 e. The zero-order valence-electron chi connectivity index (χ0n) is 9.57. The van der Waals surface area contributed by atoms with Crippen molar-refractivity contribution in [3.8, 4) is 0 Å². The van der Waals surface area contributed by atoms with E-state index in [2.05, 4.69) is 9.98 Å². The topological polar surface area (TPSA) is 58.9 Å². The molecule has 0 spiro atoms. The third kappa shape index (κ3) is 4.09. The van der Waals surface area contributed by atoms with Crippen LogP contribution in [0.3, 0.4) is 0 Å². The summed E-state index contributed by atoms with van der Waals surface area (Å²) in [5.74, 6) is 0. The summed E-state index contributed by atoms with van der Waals surface area (Å²) in [5, 5.41) is 0. The van der Waals surface area contributed by atoms with Gasteiger partial charge in [0.2, 0.25) is 12.2 Å². The van der Waals surface area contributed by atoms with Crippen LogP contribution >= 0.6 is 0 Å². The van der Waals surface area contributed by atoms with Crippen LogP contribution in [-0.4, -0.2) is 25.2 Å². The van der Waals surface area contributed by atoms with Crippen LogP contribution in [0.5, 0.6) is 0 Å². The fourth-order valence-corrected chi connectivity index (χ4v) is 2.57. The minimum Gasteiger partial charge on any atom is -0.211 e. The van der Waals surface area contributed by atoms with Crippen molar-refractivity contribution in [1.82, 2.24) is 0 Å². The molecule has 0 aromatic rings. The zero-order valence-corrected chi connectivity index (χ0v) is 9.57. The summed E-state index contributed by atoms with van der Waals surface area (Å²) >= 11 is 0. The SMILES string of the molecule is O=C=NCCCC1(CN=C=O)CCCCC1. The molecule has 1 saturated carbocycles. The molecule has 1 aliphatic carbocycles. The first-order valence-electron chi connectivity index (χ1n) is 5.90. The molecule has 4 heteroatoms. The molecular weight excluding hydrogens is 204 g/mol. The maximum absolute atomic E-state index is 10.2. The van der Waals surface area contributed by atoms with Crippen molar-refractivity contribution in [3.05, 3.63) is 0 Å². The number of nitrogens with zero attached hydrogens (tertiary/aromatic N) is 2. The number of aliphatic imine (C=N–C) groups is 2. The van der Waals surface area contributed by atoms with Crippen LogP contribution in [0.1, 0.15) is 44.9 Å². The Labute approximate surface area is 95.9 Å². The van der Waals surface area contributed by atoms with E-state index in [4.69, 9.17) is 0 Å². The molecule has 0 N–H and O–H groups in total. The third-order valence-electron chi connectivity index (χ3n) is 3.43. The van der Waals surface area contributed by atoms with E-state index in [1.54, 1.807) is 12.2 Å². The van der Waals surface area contributed by atoms with Crippen molar-refractivity contribution in [2.24, 2.45) is 15.4 Å². The van der Waals surface area contributed by atoms with E-state index in [0.717, 1.165) is 25.7 Å². The molecule has 0 aromatic carbocycles. The summed E-state index contributed by atoms with van der Waals surface area (Å²) in [7, 11) is 0. The summed E-state index contributed by atoms with van der Waals surface area (Å²) < 4.78 is 0. The van der Waals surface area contributed by atoms with Gasteiger partial charge in [-0.15, -0.1) is 0 Å². The monoisotopic (exact) mass is 222 g/mol. The second-order valence-electron chi connectivity index (χ2n) is 4.54. The van der Waals surface area contributed by atoms with Gasteiger partial charge in [-0.1, -0.05) is 19.3 Å². The molecule has 0 bridgehead atoms. The summed E-state index contributed by atoms with van der Waals surface area (Å²) in [6.07, 6.45) is 11.0. The van der Waals surface area contributed by atoms with Crippen molar-refractivity contribution < 1.29 is 9.59 Å². The molecule has 0 aromatic heterocycles. The van der Waals surface area contributed by atoms with Gasteiger partial charge >= 0.3 is 0 Å². The predicted molar refractivity (Wildman–Crippen MR) is 60.7 cm³/mol. The van der Waals surface area contributed by atoms with Crippen molar-refractivity contribution >= 4 is 12.2 Å². The number of carbonyl (C=O) groups excluding carboxylic acids is 2. The average molecular weight is 222 g/mol. The van der Waals surface area contributed by atoms with E-state index >= 15 is 0 Å². The maximum atomic E-state index is 10.2. The Morgan fingerprint density at radius 3 is 2.31 bits per heavy atom. The standard InChI is InChI=1S/C12H18N2O2/c15-10-13-8-4-7-12(9-14-11-16)5-2-1-3-6-12/h1-9H2. The Kier molecular flexibility index (Phi) is 5.69. The highest BCUT2D eigenvalue weighted by Crippen LogP contribution is 2.40. The molecule has 1 rings (SSSR count). The van der Waals surface area contributed by atoms with Gasteiger partial charge in [0.25, 0.3) is 0 Å². The molecule has 16 heavy (non-hydrogen) atoms. The average Bonchev–Trinajstić information content (AvgIpc) is 2.34. The molecule has 0 unspecified atom stereocenters. The van der Waals surface area contributed by atoms with Gasteiger partial charge in [0.1, 0.15) is 0 Å². The summed E-state index contributed by atoms with van der Waals surface area (Å²) in [5.41, 5.74) is 0.161. The largest absolute Gasteiger partial charge is 0.234 e. The lowest BCUT2D eigenvalue weighted by atomic mass is 9.71. The third-order valence-corrected chi connectivity index (χ3v) is 3.43. The summed E-state index contributed by atoms with van der Waals surface area (Å²) in [4.78, 5) is 27.5. The Morgan fingerprint density at radius 1 is 1.00 bits per heavy atom. The molecule has 0 heterocycles. The summed E-state index contributed by atoms with van der Waals surface area (Å²) in [6, 6.07) is 0. The highest BCUT2D eigenvalue weighted by atomic mass is 16.1. The molecule has 1 fully saturated rings. The molecule has 0 amide bonds. The number of hydrogen-bond donors (Lipinski definition) is 0. The van der Waals surface area contributed by atoms with E-state index in [-0.39, 0.29) is 5.41 Å². The Bertz CT molecular complexity index is 296. The molecule has 0 atom stereocenters. The van der Waals surface area contributed by atoms with Crippen molar-refractivity contribution in [2.75, 3.05) is 13.1 Å². The van der Waals surface area contributed by atoms with E-state index < -0.39 is 0 Å². The highest BCUT2D eigenvalue weighted by Gasteiger charge is 2.31. The maximum Gasteiger partial charge on any atom is 0.234 e. The van der Waals surface area contributed by atoms with Gasteiger partial charge in [-0.05, 0) is 31.1 Å². The quantitative estimate of drug-likeness (QED) is 0.393. The molecule has 4 nitrogen and oxygen atoms in total. The van der Waals surface area contributed by atoms with Gasteiger partial charge in [-0.2, -0.15) is 0 Å². The van der Waals surface area contributed by atoms with E-state index in [0.29, 0.717) is 13.1 Å². The lowest BCUT2D eigenvalue weighted by molar-refractivity contribution is 0.180.